The minimum atomic E-state index is -0.190. The van der Waals surface area contributed by atoms with Crippen LogP contribution in [0.3, 0.4) is 0 Å². The van der Waals surface area contributed by atoms with E-state index in [1.165, 1.54) is 43.4 Å². The summed E-state index contributed by atoms with van der Waals surface area (Å²) in [7, 11) is 2.17. The predicted octanol–water partition coefficient (Wildman–Crippen LogP) is 2.01. The lowest BCUT2D eigenvalue weighted by atomic mass is 9.94. The molecule has 3 heterocycles. The Kier molecular flexibility index (Phi) is 6.64. The molecule has 9 heteroatoms. The van der Waals surface area contributed by atoms with Crippen molar-refractivity contribution in [2.45, 2.75) is 69.9 Å². The SMILES string of the molecule is CN(CCNC(=O)[C@@H]1CCCN1c1nnc(N2CCCC2=O)s1)C1CCCCC1. The summed E-state index contributed by atoms with van der Waals surface area (Å²) < 4.78 is 0. The van der Waals surface area contributed by atoms with E-state index in [9.17, 15) is 9.59 Å². The van der Waals surface area contributed by atoms with E-state index in [4.69, 9.17) is 0 Å². The summed E-state index contributed by atoms with van der Waals surface area (Å²) in [5.74, 6) is 0.194. The number of amides is 2. The zero-order chi connectivity index (χ0) is 20.2. The van der Waals surface area contributed by atoms with Gasteiger partial charge in [-0.1, -0.05) is 30.6 Å². The summed E-state index contributed by atoms with van der Waals surface area (Å²) in [4.78, 5) is 30.9. The molecule has 3 aliphatic rings. The number of aromatic nitrogens is 2. The zero-order valence-electron chi connectivity index (χ0n) is 17.3. The highest BCUT2D eigenvalue weighted by Crippen LogP contribution is 2.33. The number of nitrogens with zero attached hydrogens (tertiary/aromatic N) is 5. The Morgan fingerprint density at radius 3 is 2.66 bits per heavy atom. The fourth-order valence-electron chi connectivity index (χ4n) is 4.73. The van der Waals surface area contributed by atoms with Gasteiger partial charge in [0.1, 0.15) is 6.04 Å². The monoisotopic (exact) mass is 420 g/mol. The van der Waals surface area contributed by atoms with Gasteiger partial charge < -0.3 is 15.1 Å². The van der Waals surface area contributed by atoms with Crippen molar-refractivity contribution in [3.63, 3.8) is 0 Å². The number of rotatable bonds is 7. The summed E-state index contributed by atoms with van der Waals surface area (Å²) in [6.07, 6.45) is 9.82. The van der Waals surface area contributed by atoms with Crippen LogP contribution in [-0.4, -0.2) is 72.2 Å². The van der Waals surface area contributed by atoms with Gasteiger partial charge in [-0.25, -0.2) is 0 Å². The minimum absolute atomic E-state index is 0.0774. The third kappa shape index (κ3) is 4.71. The number of likely N-dealkylation sites (N-methyl/N-ethyl adjacent to an activating group) is 1. The fraction of sp³-hybridized carbons (Fsp3) is 0.800. The molecule has 1 saturated carbocycles. The van der Waals surface area contributed by atoms with Crippen LogP contribution >= 0.6 is 11.3 Å². The van der Waals surface area contributed by atoms with E-state index in [1.54, 1.807) is 4.90 Å². The van der Waals surface area contributed by atoms with E-state index in [1.807, 2.05) is 0 Å². The molecule has 29 heavy (non-hydrogen) atoms. The molecule has 0 aromatic carbocycles. The molecule has 4 rings (SSSR count). The highest BCUT2D eigenvalue weighted by molar-refractivity contribution is 7.19. The van der Waals surface area contributed by atoms with Crippen molar-refractivity contribution in [2.24, 2.45) is 0 Å². The minimum Gasteiger partial charge on any atom is -0.353 e. The number of carbonyl (C=O) groups excluding carboxylic acids is 2. The number of hydrogen-bond donors (Lipinski definition) is 1. The molecular weight excluding hydrogens is 388 g/mol. The van der Waals surface area contributed by atoms with Crippen LogP contribution in [0.15, 0.2) is 0 Å². The van der Waals surface area contributed by atoms with E-state index in [0.717, 1.165) is 37.5 Å². The van der Waals surface area contributed by atoms with Gasteiger partial charge >= 0.3 is 0 Å². The summed E-state index contributed by atoms with van der Waals surface area (Å²) in [5, 5.41) is 13.0. The second kappa shape index (κ2) is 9.38. The summed E-state index contributed by atoms with van der Waals surface area (Å²) in [5.41, 5.74) is 0. The van der Waals surface area contributed by atoms with E-state index in [-0.39, 0.29) is 17.9 Å². The maximum atomic E-state index is 12.8. The molecule has 1 aromatic heterocycles. The Balaban J connectivity index is 1.29. The standard InChI is InChI=1S/C20H32N6O2S/c1-24(15-7-3-2-4-8-15)14-11-21-18(28)16-9-5-12-25(16)19-22-23-20(29-19)26-13-6-10-17(26)27/h15-16H,2-14H2,1H3,(H,21,28)/t16-/m0/s1. The predicted molar refractivity (Wildman–Crippen MR) is 114 cm³/mol. The third-order valence-corrected chi connectivity index (χ3v) is 7.45. The molecule has 2 aliphatic heterocycles. The molecule has 0 bridgehead atoms. The van der Waals surface area contributed by atoms with Crippen molar-refractivity contribution in [2.75, 3.05) is 43.0 Å². The van der Waals surface area contributed by atoms with Crippen LogP contribution in [0.25, 0.3) is 0 Å². The van der Waals surface area contributed by atoms with Gasteiger partial charge in [0.15, 0.2) is 0 Å². The molecule has 0 spiro atoms. The molecule has 0 unspecified atom stereocenters. The maximum Gasteiger partial charge on any atom is 0.242 e. The molecule has 3 fully saturated rings. The number of nitrogens with one attached hydrogen (secondary N) is 1. The van der Waals surface area contributed by atoms with Gasteiger partial charge in [-0.2, -0.15) is 0 Å². The van der Waals surface area contributed by atoms with Gasteiger partial charge in [-0.15, -0.1) is 10.2 Å². The Labute approximate surface area is 176 Å². The molecule has 160 valence electrons. The summed E-state index contributed by atoms with van der Waals surface area (Å²) >= 11 is 1.42. The second-order valence-electron chi connectivity index (χ2n) is 8.43. The van der Waals surface area contributed by atoms with Crippen LogP contribution in [0.1, 0.15) is 57.8 Å². The van der Waals surface area contributed by atoms with Crippen molar-refractivity contribution < 1.29 is 9.59 Å². The second-order valence-corrected chi connectivity index (χ2v) is 9.37. The molecule has 2 saturated heterocycles. The Morgan fingerprint density at radius 1 is 1.10 bits per heavy atom. The number of hydrogen-bond acceptors (Lipinski definition) is 7. The van der Waals surface area contributed by atoms with Crippen LogP contribution in [0.5, 0.6) is 0 Å². The van der Waals surface area contributed by atoms with E-state index < -0.39 is 0 Å². The van der Waals surface area contributed by atoms with Crippen molar-refractivity contribution in [3.8, 4) is 0 Å². The zero-order valence-corrected chi connectivity index (χ0v) is 18.1. The van der Waals surface area contributed by atoms with Crippen molar-refractivity contribution in [1.82, 2.24) is 20.4 Å². The van der Waals surface area contributed by atoms with Gasteiger partial charge in [-0.05, 0) is 39.2 Å². The van der Waals surface area contributed by atoms with Crippen molar-refractivity contribution in [1.29, 1.82) is 0 Å². The topological polar surface area (TPSA) is 81.7 Å². The van der Waals surface area contributed by atoms with Crippen LogP contribution in [0, 0.1) is 0 Å². The molecule has 8 nitrogen and oxygen atoms in total. The lowest BCUT2D eigenvalue weighted by Crippen LogP contribution is -2.46. The van der Waals surface area contributed by atoms with Crippen LogP contribution in [-0.2, 0) is 9.59 Å². The first-order chi connectivity index (χ1) is 14.1. The first kappa shape index (κ1) is 20.5. The van der Waals surface area contributed by atoms with Crippen LogP contribution < -0.4 is 15.1 Å². The molecule has 1 N–H and O–H groups in total. The van der Waals surface area contributed by atoms with Gasteiger partial charge in [-0.3, -0.25) is 14.5 Å². The van der Waals surface area contributed by atoms with E-state index >= 15 is 0 Å². The lowest BCUT2D eigenvalue weighted by molar-refractivity contribution is -0.122. The molecule has 2 amide bonds. The van der Waals surface area contributed by atoms with Gasteiger partial charge in [0, 0.05) is 38.6 Å². The largest absolute Gasteiger partial charge is 0.353 e. The first-order valence-electron chi connectivity index (χ1n) is 11.0. The third-order valence-electron chi connectivity index (χ3n) is 6.47. The highest BCUT2D eigenvalue weighted by Gasteiger charge is 2.34. The number of anilines is 2. The quantitative estimate of drug-likeness (QED) is 0.727. The van der Waals surface area contributed by atoms with E-state index in [2.05, 4.69) is 32.4 Å². The van der Waals surface area contributed by atoms with Gasteiger partial charge in [0.2, 0.25) is 22.1 Å². The van der Waals surface area contributed by atoms with Gasteiger partial charge in [0.25, 0.3) is 0 Å². The Hall–Kier alpha value is -1.74. The smallest absolute Gasteiger partial charge is 0.242 e. The molecule has 1 atom stereocenters. The maximum absolute atomic E-state index is 12.8. The average molecular weight is 421 g/mol. The van der Waals surface area contributed by atoms with E-state index in [0.29, 0.717) is 30.7 Å². The first-order valence-corrected chi connectivity index (χ1v) is 11.8. The lowest BCUT2D eigenvalue weighted by Gasteiger charge is -2.31. The normalized spacial score (nSPS) is 23.4. The van der Waals surface area contributed by atoms with Crippen molar-refractivity contribution in [3.05, 3.63) is 0 Å². The molecule has 0 radical (unpaired) electrons. The fourth-order valence-corrected chi connectivity index (χ4v) is 5.70. The average Bonchev–Trinajstić information content (AvgIpc) is 3.48. The van der Waals surface area contributed by atoms with Crippen LogP contribution in [0.4, 0.5) is 10.3 Å². The van der Waals surface area contributed by atoms with Crippen molar-refractivity contribution >= 4 is 33.4 Å². The van der Waals surface area contributed by atoms with Crippen LogP contribution in [0.2, 0.25) is 0 Å². The highest BCUT2D eigenvalue weighted by atomic mass is 32.1. The molecule has 1 aromatic rings. The Morgan fingerprint density at radius 2 is 1.90 bits per heavy atom. The molecule has 1 aliphatic carbocycles. The molecular formula is C20H32N6O2S. The van der Waals surface area contributed by atoms with Gasteiger partial charge in [0.05, 0.1) is 0 Å². The summed E-state index contributed by atoms with van der Waals surface area (Å²) in [6, 6.07) is 0.474. The Bertz CT molecular complexity index is 720. The number of carbonyl (C=O) groups is 2. The summed E-state index contributed by atoms with van der Waals surface area (Å²) in [6.45, 7) is 3.09.